The molecule has 0 bridgehead atoms. The van der Waals surface area contributed by atoms with Gasteiger partial charge in [-0.2, -0.15) is 24.3 Å². The largest absolute Gasteiger partial charge is 0.336 e. The number of alkyl halides is 2. The zero-order valence-corrected chi connectivity index (χ0v) is 20.7. The zero-order chi connectivity index (χ0) is 22.5. The molecule has 2 aliphatic rings. The van der Waals surface area contributed by atoms with Crippen molar-refractivity contribution < 1.29 is 30.9 Å². The molecular formula is C24H32ClCrF2N2O-. The summed E-state index contributed by atoms with van der Waals surface area (Å²) >= 11 is 5.93. The van der Waals surface area contributed by atoms with Crippen molar-refractivity contribution >= 4 is 17.5 Å². The number of amides is 1. The molecule has 1 saturated heterocycles. The number of allylic oxidation sites excluding steroid dienone is 4. The normalized spacial score (nSPS) is 21.9. The van der Waals surface area contributed by atoms with E-state index in [1.54, 1.807) is 12.1 Å². The number of hydrogen-bond acceptors (Lipinski definition) is 2. The molecule has 1 aliphatic carbocycles. The standard InChI is InChI=1S/C13H16ClN2O.C11H16F2.Cr/c1-2-12(17)16-7-6-11(15)13(16)9-4-3-5-10(14)8-9;1-4-9(10-5-6-10)7-8(2)11(3,12)13;/h3-5,11,13H,2,6-7,15H2,1H3;4,7,10H,5-6H2,1-3H3;/q-1;;/b;8-7+,9-4+;/t11-,13-;;/m1../s1. The summed E-state index contributed by atoms with van der Waals surface area (Å²) in [4.78, 5) is 13.7. The first-order valence-electron chi connectivity index (χ1n) is 10.5. The summed E-state index contributed by atoms with van der Waals surface area (Å²) in [6.07, 6.45) is 7.21. The second-order valence-electron chi connectivity index (χ2n) is 8.07. The number of rotatable bonds is 5. The van der Waals surface area contributed by atoms with Gasteiger partial charge in [-0.05, 0) is 50.2 Å². The molecular weight excluding hydrogens is 458 g/mol. The Morgan fingerprint density at radius 3 is 2.48 bits per heavy atom. The Morgan fingerprint density at radius 2 is 2.00 bits per heavy atom. The van der Waals surface area contributed by atoms with Crippen LogP contribution in [0.15, 0.2) is 41.5 Å². The van der Waals surface area contributed by atoms with Gasteiger partial charge in [0.1, 0.15) is 0 Å². The van der Waals surface area contributed by atoms with Crippen molar-refractivity contribution in [2.75, 3.05) is 6.54 Å². The van der Waals surface area contributed by atoms with Crippen LogP contribution >= 0.6 is 11.6 Å². The summed E-state index contributed by atoms with van der Waals surface area (Å²) in [5, 5.41) is 0.561. The summed E-state index contributed by atoms with van der Waals surface area (Å²) in [6, 6.07) is 8.54. The SMILES string of the molecule is C/C=C(\C=C(/C)C(C)(F)F)C1CC1.CCC(=O)N1CC[C@@H](N)[C@H]1c1[c-]c(Cl)ccc1.[Cr]. The smallest absolute Gasteiger partial charge is 0.266 e. The number of nitrogens with two attached hydrogens (primary N) is 1. The fraction of sp³-hybridized carbons (Fsp3) is 0.542. The maximum Gasteiger partial charge on any atom is 0.266 e. The van der Waals surface area contributed by atoms with Gasteiger partial charge in [0.05, 0.1) is 0 Å². The second-order valence-corrected chi connectivity index (χ2v) is 8.48. The molecule has 0 radical (unpaired) electrons. The first kappa shape index (κ1) is 27.8. The molecule has 7 heteroatoms. The van der Waals surface area contributed by atoms with Crippen LogP contribution in [0.4, 0.5) is 8.78 Å². The molecule has 1 aliphatic heterocycles. The van der Waals surface area contributed by atoms with Gasteiger partial charge in [-0.1, -0.05) is 24.1 Å². The third kappa shape index (κ3) is 8.02. The van der Waals surface area contributed by atoms with Gasteiger partial charge in [0.15, 0.2) is 0 Å². The van der Waals surface area contributed by atoms with Gasteiger partial charge in [0.2, 0.25) is 5.91 Å². The summed E-state index contributed by atoms with van der Waals surface area (Å²) in [5.74, 6) is -2.00. The second kappa shape index (κ2) is 12.2. The maximum absolute atomic E-state index is 12.8. The Hall–Kier alpha value is -1.19. The predicted octanol–water partition coefficient (Wildman–Crippen LogP) is 6.09. The number of hydrogen-bond donors (Lipinski definition) is 1. The molecule has 1 heterocycles. The van der Waals surface area contributed by atoms with Crippen molar-refractivity contribution in [3.8, 4) is 0 Å². The summed E-state index contributed by atoms with van der Waals surface area (Å²) in [7, 11) is 0. The van der Waals surface area contributed by atoms with Crippen molar-refractivity contribution in [3.63, 3.8) is 0 Å². The Morgan fingerprint density at radius 1 is 1.35 bits per heavy atom. The van der Waals surface area contributed by atoms with E-state index < -0.39 is 5.92 Å². The van der Waals surface area contributed by atoms with E-state index in [9.17, 15) is 13.6 Å². The molecule has 0 spiro atoms. The van der Waals surface area contributed by atoms with Crippen LogP contribution in [-0.4, -0.2) is 29.3 Å². The predicted molar refractivity (Wildman–Crippen MR) is 118 cm³/mol. The number of carbonyl (C=O) groups is 1. The number of carbonyl (C=O) groups excluding carboxylic acids is 1. The first-order chi connectivity index (χ1) is 14.1. The molecule has 1 saturated carbocycles. The average Bonchev–Trinajstić information content (AvgIpc) is 3.46. The molecule has 31 heavy (non-hydrogen) atoms. The molecule has 1 amide bonds. The molecule has 0 unspecified atom stereocenters. The monoisotopic (exact) mass is 489 g/mol. The van der Waals surface area contributed by atoms with E-state index >= 15 is 0 Å². The fourth-order valence-corrected chi connectivity index (χ4v) is 3.74. The molecule has 1 aromatic rings. The fourth-order valence-electron chi connectivity index (χ4n) is 3.56. The number of benzene rings is 1. The molecule has 2 atom stereocenters. The van der Waals surface area contributed by atoms with Crippen LogP contribution in [0.3, 0.4) is 0 Å². The van der Waals surface area contributed by atoms with Crippen LogP contribution in [0.1, 0.15) is 65.0 Å². The van der Waals surface area contributed by atoms with E-state index in [1.165, 1.54) is 6.92 Å². The molecule has 1 aromatic carbocycles. The molecule has 3 rings (SSSR count). The van der Waals surface area contributed by atoms with E-state index in [2.05, 4.69) is 6.07 Å². The Labute approximate surface area is 200 Å². The van der Waals surface area contributed by atoms with Crippen molar-refractivity contribution in [2.45, 2.75) is 71.4 Å². The van der Waals surface area contributed by atoms with Crippen LogP contribution in [0.5, 0.6) is 0 Å². The number of halogens is 3. The third-order valence-corrected chi connectivity index (χ3v) is 5.85. The summed E-state index contributed by atoms with van der Waals surface area (Å²) in [5.41, 5.74) is 8.22. The minimum atomic E-state index is -2.68. The van der Waals surface area contributed by atoms with Gasteiger partial charge in [-0.3, -0.25) is 4.79 Å². The van der Waals surface area contributed by atoms with Gasteiger partial charge in [-0.15, -0.1) is 17.2 Å². The van der Waals surface area contributed by atoms with Crippen LogP contribution in [0.2, 0.25) is 5.02 Å². The molecule has 2 N–H and O–H groups in total. The Balaban J connectivity index is 0.000000311. The van der Waals surface area contributed by atoms with Crippen LogP contribution in [0, 0.1) is 12.0 Å². The molecule has 2 fully saturated rings. The molecule has 172 valence electrons. The topological polar surface area (TPSA) is 46.3 Å². The first-order valence-corrected chi connectivity index (χ1v) is 10.9. The maximum atomic E-state index is 12.8. The molecule has 0 aromatic heterocycles. The van der Waals surface area contributed by atoms with Crippen LogP contribution in [-0.2, 0) is 22.2 Å². The minimum absolute atomic E-state index is 0. The van der Waals surface area contributed by atoms with E-state index in [1.807, 2.05) is 37.0 Å². The van der Waals surface area contributed by atoms with Crippen molar-refractivity contribution in [1.29, 1.82) is 0 Å². The van der Waals surface area contributed by atoms with Gasteiger partial charge in [-0.25, -0.2) is 8.78 Å². The van der Waals surface area contributed by atoms with Gasteiger partial charge >= 0.3 is 0 Å². The van der Waals surface area contributed by atoms with E-state index in [-0.39, 0.29) is 40.9 Å². The average molecular weight is 490 g/mol. The summed E-state index contributed by atoms with van der Waals surface area (Å²) in [6.45, 7) is 6.93. The van der Waals surface area contributed by atoms with E-state index in [0.29, 0.717) is 17.4 Å². The number of likely N-dealkylation sites (tertiary alicyclic amines) is 1. The molecule has 3 nitrogen and oxygen atoms in total. The van der Waals surface area contributed by atoms with Crippen molar-refractivity contribution in [3.05, 3.63) is 58.1 Å². The zero-order valence-electron chi connectivity index (χ0n) is 18.6. The number of nitrogens with zero attached hydrogens (tertiary/aromatic N) is 1. The summed E-state index contributed by atoms with van der Waals surface area (Å²) < 4.78 is 25.6. The van der Waals surface area contributed by atoms with Crippen molar-refractivity contribution in [1.82, 2.24) is 4.90 Å². The van der Waals surface area contributed by atoms with Gasteiger partial charge in [0, 0.05) is 49.3 Å². The quantitative estimate of drug-likeness (QED) is 0.401. The van der Waals surface area contributed by atoms with Crippen molar-refractivity contribution in [2.24, 2.45) is 11.7 Å². The van der Waals surface area contributed by atoms with Crippen LogP contribution < -0.4 is 5.73 Å². The minimum Gasteiger partial charge on any atom is -0.336 e. The van der Waals surface area contributed by atoms with Gasteiger partial charge < -0.3 is 10.6 Å². The Bertz CT molecular complexity index is 803. The van der Waals surface area contributed by atoms with E-state index in [4.69, 9.17) is 17.3 Å². The van der Waals surface area contributed by atoms with Crippen LogP contribution in [0.25, 0.3) is 0 Å². The van der Waals surface area contributed by atoms with E-state index in [0.717, 1.165) is 43.9 Å². The Kier molecular flexibility index (Phi) is 10.9. The van der Waals surface area contributed by atoms with Gasteiger partial charge in [0.25, 0.3) is 5.92 Å². The third-order valence-electron chi connectivity index (χ3n) is 5.63.